The van der Waals surface area contributed by atoms with Gasteiger partial charge in [-0.1, -0.05) is 0 Å². The van der Waals surface area contributed by atoms with E-state index in [9.17, 15) is 4.79 Å². The van der Waals surface area contributed by atoms with Crippen LogP contribution < -0.4 is 5.56 Å². The largest absolute Gasteiger partial charge is 0.311 e. The normalized spacial score (nSPS) is 8.80. The van der Waals surface area contributed by atoms with E-state index in [1.54, 1.807) is 13.0 Å². The molecule has 1 aromatic heterocycles. The van der Waals surface area contributed by atoms with Crippen LogP contribution in [0.2, 0.25) is 0 Å². The predicted octanol–water partition coefficient (Wildman–Crippen LogP) is -0.0500. The fraction of sp³-hybridized carbons (Fsp3) is 0.167. The van der Waals surface area contributed by atoms with Gasteiger partial charge in [-0.3, -0.25) is 9.78 Å². The number of aromatic amines is 1. The quantitative estimate of drug-likeness (QED) is 0.542. The van der Waals surface area contributed by atoms with Gasteiger partial charge in [0.1, 0.15) is 17.5 Å². The summed E-state index contributed by atoms with van der Waals surface area (Å²) in [6.07, 6.45) is 1.33. The van der Waals surface area contributed by atoms with Crippen molar-refractivity contribution in [3.8, 4) is 6.07 Å². The van der Waals surface area contributed by atoms with E-state index in [0.29, 0.717) is 5.69 Å². The van der Waals surface area contributed by atoms with E-state index in [1.807, 2.05) is 0 Å². The van der Waals surface area contributed by atoms with Crippen LogP contribution in [0.3, 0.4) is 0 Å². The molecule has 0 fully saturated rings. The van der Waals surface area contributed by atoms with Crippen molar-refractivity contribution in [2.45, 2.75) is 6.92 Å². The van der Waals surface area contributed by atoms with E-state index in [-0.39, 0.29) is 11.3 Å². The monoisotopic (exact) mass is 135 g/mol. The Balaban J connectivity index is 3.34. The summed E-state index contributed by atoms with van der Waals surface area (Å²) in [6.45, 7) is 1.58. The van der Waals surface area contributed by atoms with Crippen molar-refractivity contribution in [2.75, 3.05) is 0 Å². The second-order valence-corrected chi connectivity index (χ2v) is 1.82. The first-order valence-corrected chi connectivity index (χ1v) is 2.70. The fourth-order valence-electron chi connectivity index (χ4n) is 0.522. The third-order valence-electron chi connectivity index (χ3n) is 1.08. The van der Waals surface area contributed by atoms with Crippen LogP contribution in [0.1, 0.15) is 11.4 Å². The molecule has 1 aromatic rings. The van der Waals surface area contributed by atoms with Crippen LogP contribution in [0.15, 0.2) is 11.0 Å². The molecule has 50 valence electrons. The summed E-state index contributed by atoms with van der Waals surface area (Å²) in [6, 6.07) is 1.78. The van der Waals surface area contributed by atoms with Gasteiger partial charge in [0, 0.05) is 0 Å². The minimum Gasteiger partial charge on any atom is -0.311 e. The van der Waals surface area contributed by atoms with Gasteiger partial charge in [-0.2, -0.15) is 5.26 Å². The fourth-order valence-corrected chi connectivity index (χ4v) is 0.522. The summed E-state index contributed by atoms with van der Waals surface area (Å²) < 4.78 is 0. The van der Waals surface area contributed by atoms with E-state index >= 15 is 0 Å². The maximum atomic E-state index is 10.7. The molecule has 0 atom stereocenters. The molecule has 0 unspecified atom stereocenters. The van der Waals surface area contributed by atoms with Gasteiger partial charge < -0.3 is 4.98 Å². The number of hydrogen-bond donors (Lipinski definition) is 1. The van der Waals surface area contributed by atoms with Crippen molar-refractivity contribution in [1.29, 1.82) is 5.26 Å². The molecule has 0 aliphatic heterocycles. The van der Waals surface area contributed by atoms with Gasteiger partial charge >= 0.3 is 0 Å². The lowest BCUT2D eigenvalue weighted by molar-refractivity contribution is 1.04. The maximum Gasteiger partial charge on any atom is 0.270 e. The van der Waals surface area contributed by atoms with E-state index < -0.39 is 0 Å². The molecule has 0 bridgehead atoms. The molecule has 4 heteroatoms. The number of aromatic nitrogens is 2. The Morgan fingerprint density at radius 1 is 1.80 bits per heavy atom. The zero-order chi connectivity index (χ0) is 7.56. The first-order chi connectivity index (χ1) is 4.74. The van der Waals surface area contributed by atoms with Crippen LogP contribution in [0.5, 0.6) is 0 Å². The molecule has 10 heavy (non-hydrogen) atoms. The molecule has 1 heterocycles. The molecule has 0 saturated heterocycles. The van der Waals surface area contributed by atoms with Crippen molar-refractivity contribution in [2.24, 2.45) is 0 Å². The Hall–Kier alpha value is -1.63. The van der Waals surface area contributed by atoms with Crippen molar-refractivity contribution >= 4 is 0 Å². The van der Waals surface area contributed by atoms with Gasteiger partial charge in [0.25, 0.3) is 5.56 Å². The predicted molar refractivity (Wildman–Crippen MR) is 34.3 cm³/mol. The summed E-state index contributed by atoms with van der Waals surface area (Å²) in [5.41, 5.74) is 0.258. The lowest BCUT2D eigenvalue weighted by Gasteiger charge is -1.88. The highest BCUT2D eigenvalue weighted by Crippen LogP contribution is 1.83. The third kappa shape index (κ3) is 1.03. The van der Waals surface area contributed by atoms with Gasteiger partial charge in [0.15, 0.2) is 0 Å². The van der Waals surface area contributed by atoms with E-state index in [0.717, 1.165) is 0 Å². The number of aryl methyl sites for hydroxylation is 1. The number of H-pyrrole nitrogens is 1. The van der Waals surface area contributed by atoms with Crippen LogP contribution in [-0.4, -0.2) is 9.97 Å². The second-order valence-electron chi connectivity index (χ2n) is 1.82. The Kier molecular flexibility index (Phi) is 1.50. The number of hydrogen-bond acceptors (Lipinski definition) is 3. The molecular weight excluding hydrogens is 130 g/mol. The van der Waals surface area contributed by atoms with E-state index in [1.165, 1.54) is 6.20 Å². The maximum absolute atomic E-state index is 10.7. The Bertz CT molecular complexity index is 334. The second kappa shape index (κ2) is 2.31. The third-order valence-corrected chi connectivity index (χ3v) is 1.08. The molecule has 0 radical (unpaired) electrons. The van der Waals surface area contributed by atoms with Gasteiger partial charge in [-0.15, -0.1) is 0 Å². The Morgan fingerprint density at radius 3 is 3.00 bits per heavy atom. The summed E-state index contributed by atoms with van der Waals surface area (Å²) in [5.74, 6) is 0. The summed E-state index contributed by atoms with van der Waals surface area (Å²) in [7, 11) is 0. The van der Waals surface area contributed by atoms with Crippen LogP contribution in [0, 0.1) is 18.3 Å². The lowest BCUT2D eigenvalue weighted by Crippen LogP contribution is -2.12. The molecule has 0 spiro atoms. The van der Waals surface area contributed by atoms with Gasteiger partial charge in [0.2, 0.25) is 0 Å². The first-order valence-electron chi connectivity index (χ1n) is 2.70. The molecule has 0 saturated carbocycles. The summed E-state index contributed by atoms with van der Waals surface area (Å²) >= 11 is 0. The highest BCUT2D eigenvalue weighted by molar-refractivity contribution is 5.15. The van der Waals surface area contributed by atoms with Crippen molar-refractivity contribution in [3.05, 3.63) is 27.9 Å². The number of nitriles is 1. The first kappa shape index (κ1) is 6.49. The van der Waals surface area contributed by atoms with Crippen molar-refractivity contribution in [1.82, 2.24) is 9.97 Å². The molecule has 1 rings (SSSR count). The number of nitrogens with one attached hydrogen (secondary N) is 1. The van der Waals surface area contributed by atoms with Crippen molar-refractivity contribution < 1.29 is 0 Å². The Labute approximate surface area is 57.2 Å². The van der Waals surface area contributed by atoms with Gasteiger partial charge in [-0.25, -0.2) is 0 Å². The van der Waals surface area contributed by atoms with Crippen LogP contribution >= 0.6 is 0 Å². The number of nitrogens with zero attached hydrogens (tertiary/aromatic N) is 2. The summed E-state index contributed by atoms with van der Waals surface area (Å²) in [5, 5.41) is 8.29. The standard InChI is InChI=1S/C6H5N3O/c1-4-6(10)9-5(2-7)3-8-4/h3H,1H3,(H,9,10). The average molecular weight is 135 g/mol. The molecule has 4 nitrogen and oxygen atoms in total. The van der Waals surface area contributed by atoms with Crippen molar-refractivity contribution in [3.63, 3.8) is 0 Å². The van der Waals surface area contributed by atoms with Crippen LogP contribution in [0.25, 0.3) is 0 Å². The van der Waals surface area contributed by atoms with Crippen LogP contribution in [-0.2, 0) is 0 Å². The highest BCUT2D eigenvalue weighted by atomic mass is 16.1. The number of rotatable bonds is 0. The molecule has 1 N–H and O–H groups in total. The SMILES string of the molecule is Cc1ncc(C#N)[nH]c1=O. The molecule has 0 amide bonds. The Morgan fingerprint density at radius 2 is 2.50 bits per heavy atom. The molecule has 0 aliphatic carbocycles. The smallest absolute Gasteiger partial charge is 0.270 e. The average Bonchev–Trinajstić information content (AvgIpc) is 1.95. The topological polar surface area (TPSA) is 69.5 Å². The van der Waals surface area contributed by atoms with E-state index in [2.05, 4.69) is 9.97 Å². The summed E-state index contributed by atoms with van der Waals surface area (Å²) in [4.78, 5) is 16.8. The van der Waals surface area contributed by atoms with Gasteiger partial charge in [-0.05, 0) is 6.92 Å². The van der Waals surface area contributed by atoms with E-state index in [4.69, 9.17) is 5.26 Å². The zero-order valence-electron chi connectivity index (χ0n) is 5.38. The van der Waals surface area contributed by atoms with Crippen LogP contribution in [0.4, 0.5) is 0 Å². The lowest BCUT2D eigenvalue weighted by atomic mass is 10.4. The minimum atomic E-state index is -0.306. The molecule has 0 aliphatic rings. The zero-order valence-corrected chi connectivity index (χ0v) is 5.38. The van der Waals surface area contributed by atoms with Gasteiger partial charge in [0.05, 0.1) is 6.20 Å². The molecule has 0 aromatic carbocycles. The molecular formula is C6H5N3O. The highest BCUT2D eigenvalue weighted by Gasteiger charge is 1.94. The minimum absolute atomic E-state index is 0.190.